The van der Waals surface area contributed by atoms with Crippen molar-refractivity contribution in [1.82, 2.24) is 5.32 Å². The van der Waals surface area contributed by atoms with Crippen molar-refractivity contribution in [3.05, 3.63) is 0 Å². The highest BCUT2D eigenvalue weighted by atomic mass is 32.2. The topological polar surface area (TPSA) is 21.3 Å². The standard InChI is InChI=1S/C15H31NOS/c1-5-7-16-14-11-12(2)10-13(3)15(14)18-9-6-8-17-4/h12-16H,5-11H2,1-4H3. The summed E-state index contributed by atoms with van der Waals surface area (Å²) in [6.07, 6.45) is 5.17. The third kappa shape index (κ3) is 5.50. The third-order valence-electron chi connectivity index (χ3n) is 3.85. The molecule has 0 spiro atoms. The molecule has 0 heterocycles. The van der Waals surface area contributed by atoms with Crippen LogP contribution in [-0.4, -0.2) is 37.3 Å². The minimum Gasteiger partial charge on any atom is -0.385 e. The predicted octanol–water partition coefficient (Wildman–Crippen LogP) is 3.56. The second-order valence-electron chi connectivity index (χ2n) is 5.80. The number of methoxy groups -OCH3 is 1. The van der Waals surface area contributed by atoms with Gasteiger partial charge in [0.05, 0.1) is 0 Å². The van der Waals surface area contributed by atoms with Crippen LogP contribution in [0.2, 0.25) is 0 Å². The molecule has 1 N–H and O–H groups in total. The number of ether oxygens (including phenoxy) is 1. The van der Waals surface area contributed by atoms with E-state index in [2.05, 4.69) is 37.8 Å². The Hall–Kier alpha value is 0.270. The fourth-order valence-electron chi connectivity index (χ4n) is 3.06. The van der Waals surface area contributed by atoms with E-state index in [4.69, 9.17) is 4.74 Å². The van der Waals surface area contributed by atoms with Crippen molar-refractivity contribution in [3.8, 4) is 0 Å². The molecule has 3 heteroatoms. The van der Waals surface area contributed by atoms with Gasteiger partial charge in [0.1, 0.15) is 0 Å². The monoisotopic (exact) mass is 273 g/mol. The lowest BCUT2D eigenvalue weighted by Crippen LogP contribution is -2.46. The second-order valence-corrected chi connectivity index (χ2v) is 7.08. The van der Waals surface area contributed by atoms with Crippen LogP contribution in [0.4, 0.5) is 0 Å². The average Bonchev–Trinajstić information content (AvgIpc) is 2.34. The Morgan fingerprint density at radius 2 is 2.06 bits per heavy atom. The summed E-state index contributed by atoms with van der Waals surface area (Å²) in [7, 11) is 1.79. The van der Waals surface area contributed by atoms with Gasteiger partial charge in [0.15, 0.2) is 0 Å². The maximum absolute atomic E-state index is 5.14. The van der Waals surface area contributed by atoms with E-state index < -0.39 is 0 Å². The molecule has 0 bridgehead atoms. The van der Waals surface area contributed by atoms with Crippen LogP contribution in [0.25, 0.3) is 0 Å². The third-order valence-corrected chi connectivity index (χ3v) is 5.55. The first-order chi connectivity index (χ1) is 8.69. The number of hydrogen-bond donors (Lipinski definition) is 1. The van der Waals surface area contributed by atoms with Gasteiger partial charge in [-0.15, -0.1) is 0 Å². The molecule has 0 radical (unpaired) electrons. The average molecular weight is 273 g/mol. The van der Waals surface area contributed by atoms with Gasteiger partial charge in [0, 0.05) is 25.0 Å². The smallest absolute Gasteiger partial charge is 0.0470 e. The maximum Gasteiger partial charge on any atom is 0.0470 e. The van der Waals surface area contributed by atoms with Crippen molar-refractivity contribution >= 4 is 11.8 Å². The summed E-state index contributed by atoms with van der Waals surface area (Å²) in [5, 5.41) is 4.57. The zero-order chi connectivity index (χ0) is 13.4. The van der Waals surface area contributed by atoms with Crippen LogP contribution in [0.15, 0.2) is 0 Å². The SMILES string of the molecule is CCCNC1CC(C)CC(C)C1SCCCOC. The van der Waals surface area contributed by atoms with Gasteiger partial charge in [0.25, 0.3) is 0 Å². The van der Waals surface area contributed by atoms with Crippen LogP contribution >= 0.6 is 11.8 Å². The molecule has 4 unspecified atom stereocenters. The highest BCUT2D eigenvalue weighted by molar-refractivity contribution is 7.99. The van der Waals surface area contributed by atoms with E-state index in [0.717, 1.165) is 29.7 Å². The van der Waals surface area contributed by atoms with Crippen LogP contribution < -0.4 is 5.32 Å². The van der Waals surface area contributed by atoms with E-state index in [0.29, 0.717) is 0 Å². The Bertz CT molecular complexity index is 213. The molecular formula is C15H31NOS. The van der Waals surface area contributed by atoms with Crippen LogP contribution in [0, 0.1) is 11.8 Å². The minimum absolute atomic E-state index is 0.719. The molecule has 2 nitrogen and oxygen atoms in total. The van der Waals surface area contributed by atoms with Crippen molar-refractivity contribution < 1.29 is 4.74 Å². The first-order valence-electron chi connectivity index (χ1n) is 7.52. The predicted molar refractivity (Wildman–Crippen MR) is 82.4 cm³/mol. The zero-order valence-electron chi connectivity index (χ0n) is 12.6. The van der Waals surface area contributed by atoms with E-state index in [1.165, 1.54) is 38.0 Å². The molecule has 18 heavy (non-hydrogen) atoms. The van der Waals surface area contributed by atoms with Gasteiger partial charge in [-0.05, 0) is 49.8 Å². The minimum atomic E-state index is 0.719. The highest BCUT2D eigenvalue weighted by Crippen LogP contribution is 2.36. The summed E-state index contributed by atoms with van der Waals surface area (Å²) in [6.45, 7) is 9.16. The van der Waals surface area contributed by atoms with E-state index in [1.807, 2.05) is 0 Å². The Morgan fingerprint density at radius 3 is 2.72 bits per heavy atom. The van der Waals surface area contributed by atoms with Crippen molar-refractivity contribution in [3.63, 3.8) is 0 Å². The molecule has 1 fully saturated rings. The summed E-state index contributed by atoms with van der Waals surface area (Å²) in [4.78, 5) is 0. The molecule has 0 aromatic carbocycles. The van der Waals surface area contributed by atoms with E-state index >= 15 is 0 Å². The number of rotatable bonds is 8. The molecule has 4 atom stereocenters. The zero-order valence-corrected chi connectivity index (χ0v) is 13.4. The van der Waals surface area contributed by atoms with Gasteiger partial charge in [-0.25, -0.2) is 0 Å². The molecule has 0 aromatic heterocycles. The lowest BCUT2D eigenvalue weighted by atomic mass is 9.80. The molecule has 108 valence electrons. The fourth-order valence-corrected chi connectivity index (χ4v) is 4.50. The Labute approximate surface area is 118 Å². The van der Waals surface area contributed by atoms with Gasteiger partial charge < -0.3 is 10.1 Å². The molecular weight excluding hydrogens is 242 g/mol. The Balaban J connectivity index is 2.41. The van der Waals surface area contributed by atoms with Crippen LogP contribution in [0.3, 0.4) is 0 Å². The van der Waals surface area contributed by atoms with Crippen molar-refractivity contribution in [2.75, 3.05) is 26.0 Å². The van der Waals surface area contributed by atoms with E-state index in [-0.39, 0.29) is 0 Å². The first-order valence-corrected chi connectivity index (χ1v) is 8.57. The Morgan fingerprint density at radius 1 is 1.28 bits per heavy atom. The molecule has 1 aliphatic carbocycles. The van der Waals surface area contributed by atoms with Gasteiger partial charge in [-0.1, -0.05) is 20.8 Å². The van der Waals surface area contributed by atoms with Crippen LogP contribution in [-0.2, 0) is 4.74 Å². The molecule has 0 amide bonds. The summed E-state index contributed by atoms with van der Waals surface area (Å²) < 4.78 is 5.14. The van der Waals surface area contributed by atoms with Gasteiger partial charge in [-0.3, -0.25) is 0 Å². The van der Waals surface area contributed by atoms with Gasteiger partial charge >= 0.3 is 0 Å². The van der Waals surface area contributed by atoms with E-state index in [1.54, 1.807) is 7.11 Å². The number of thioether (sulfide) groups is 1. The molecule has 1 aliphatic rings. The van der Waals surface area contributed by atoms with Crippen LogP contribution in [0.1, 0.15) is 46.5 Å². The number of hydrogen-bond acceptors (Lipinski definition) is 3. The molecule has 0 aromatic rings. The first kappa shape index (κ1) is 16.3. The molecule has 0 saturated heterocycles. The number of nitrogens with one attached hydrogen (secondary N) is 1. The van der Waals surface area contributed by atoms with Gasteiger partial charge in [-0.2, -0.15) is 11.8 Å². The molecule has 1 saturated carbocycles. The van der Waals surface area contributed by atoms with Crippen molar-refractivity contribution in [2.45, 2.75) is 57.7 Å². The normalized spacial score (nSPS) is 32.7. The summed E-state index contributed by atoms with van der Waals surface area (Å²) in [5.41, 5.74) is 0. The largest absolute Gasteiger partial charge is 0.385 e. The fraction of sp³-hybridized carbons (Fsp3) is 1.00. The van der Waals surface area contributed by atoms with Crippen molar-refractivity contribution in [2.24, 2.45) is 11.8 Å². The van der Waals surface area contributed by atoms with Gasteiger partial charge in [0.2, 0.25) is 0 Å². The lowest BCUT2D eigenvalue weighted by Gasteiger charge is -2.40. The van der Waals surface area contributed by atoms with E-state index in [9.17, 15) is 0 Å². The maximum atomic E-state index is 5.14. The molecule has 0 aliphatic heterocycles. The second kappa shape index (κ2) is 9.22. The lowest BCUT2D eigenvalue weighted by molar-refractivity contribution is 0.200. The summed E-state index contributed by atoms with van der Waals surface area (Å²) in [5.74, 6) is 2.96. The highest BCUT2D eigenvalue weighted by Gasteiger charge is 2.33. The van der Waals surface area contributed by atoms with Crippen LogP contribution in [0.5, 0.6) is 0 Å². The quantitative estimate of drug-likeness (QED) is 0.683. The Kier molecular flexibility index (Phi) is 8.36. The van der Waals surface area contributed by atoms with Crippen molar-refractivity contribution in [1.29, 1.82) is 0 Å². The summed E-state index contributed by atoms with van der Waals surface area (Å²) >= 11 is 2.16. The summed E-state index contributed by atoms with van der Waals surface area (Å²) in [6, 6.07) is 0.719. The molecule has 1 rings (SSSR count).